The molecule has 164 valence electrons. The molecule has 1 aromatic heterocycles. The second kappa shape index (κ2) is 11.0. The molecule has 6 N–H and O–H groups in total. The normalized spacial score (nSPS) is 16.5. The fourth-order valence-electron chi connectivity index (χ4n) is 2.96. The largest absolute Gasteiger partial charge is 0.392 e. The van der Waals surface area contributed by atoms with Gasteiger partial charge in [0.25, 0.3) is 5.91 Å². The summed E-state index contributed by atoms with van der Waals surface area (Å²) in [4.78, 5) is 17.0. The quantitative estimate of drug-likeness (QED) is 0.269. The Morgan fingerprint density at radius 2 is 2.00 bits per heavy atom. The molecular weight excluding hydrogens is 392 g/mol. The standard InChI is InChI=1S/C23H30N6O2/c1-14(2)18(11-24)22(29-21-7-5-6-15(3)28-21)17-8-9-26-20(10-17)19(12-25)23(31)27-13-16(4)30/h5-12,14,16,24-26,30H,13H2,1-4H3,(H,27,31)(H,28,29)/b20-19+,22-18+,24-11?,25-12?. The number of pyridine rings is 1. The van der Waals surface area contributed by atoms with Gasteiger partial charge in [-0.2, -0.15) is 0 Å². The molecule has 8 heteroatoms. The van der Waals surface area contributed by atoms with Crippen LogP contribution in [0, 0.1) is 23.7 Å². The van der Waals surface area contributed by atoms with Crippen molar-refractivity contribution in [3.63, 3.8) is 0 Å². The van der Waals surface area contributed by atoms with Gasteiger partial charge in [0.05, 0.1) is 23.1 Å². The molecule has 31 heavy (non-hydrogen) atoms. The Morgan fingerprint density at radius 3 is 2.58 bits per heavy atom. The van der Waals surface area contributed by atoms with Crippen LogP contribution in [0.1, 0.15) is 26.5 Å². The van der Waals surface area contributed by atoms with E-state index in [1.807, 2.05) is 45.0 Å². The van der Waals surface area contributed by atoms with Crippen LogP contribution in [0.4, 0.5) is 5.82 Å². The summed E-state index contributed by atoms with van der Waals surface area (Å²) in [5.74, 6) is 0.257. The number of nitrogens with zero attached hydrogens (tertiary/aromatic N) is 1. The first kappa shape index (κ1) is 23.8. The Morgan fingerprint density at radius 1 is 1.26 bits per heavy atom. The van der Waals surface area contributed by atoms with Crippen LogP contribution in [-0.2, 0) is 4.79 Å². The van der Waals surface area contributed by atoms with E-state index >= 15 is 0 Å². The number of carbonyl (C=O) groups excluding carboxylic acids is 1. The van der Waals surface area contributed by atoms with E-state index in [-0.39, 0.29) is 18.0 Å². The van der Waals surface area contributed by atoms with Crippen molar-refractivity contribution < 1.29 is 9.90 Å². The number of dihydropyridines is 1. The van der Waals surface area contributed by atoms with Gasteiger partial charge >= 0.3 is 0 Å². The second-order valence-electron chi connectivity index (χ2n) is 7.53. The summed E-state index contributed by atoms with van der Waals surface area (Å²) in [6.45, 7) is 7.57. The average Bonchev–Trinajstić information content (AvgIpc) is 2.72. The minimum Gasteiger partial charge on any atom is -0.392 e. The van der Waals surface area contributed by atoms with Crippen LogP contribution in [-0.4, -0.2) is 41.1 Å². The molecule has 0 aliphatic carbocycles. The summed E-state index contributed by atoms with van der Waals surface area (Å²) in [5.41, 5.74) is 3.66. The zero-order valence-electron chi connectivity index (χ0n) is 18.3. The maximum atomic E-state index is 12.5. The first-order valence-corrected chi connectivity index (χ1v) is 10.1. The predicted octanol–water partition coefficient (Wildman–Crippen LogP) is 2.81. The zero-order chi connectivity index (χ0) is 23.0. The monoisotopic (exact) mass is 422 g/mol. The Hall–Kier alpha value is -3.52. The van der Waals surface area contributed by atoms with Crippen molar-refractivity contribution in [3.05, 3.63) is 70.4 Å². The molecule has 0 bridgehead atoms. The van der Waals surface area contributed by atoms with E-state index in [0.29, 0.717) is 17.2 Å². The predicted molar refractivity (Wildman–Crippen MR) is 124 cm³/mol. The van der Waals surface area contributed by atoms with Crippen LogP contribution in [0.15, 0.2) is 64.7 Å². The van der Waals surface area contributed by atoms with Gasteiger partial charge in [0.1, 0.15) is 5.82 Å². The van der Waals surface area contributed by atoms with Crippen molar-refractivity contribution in [1.29, 1.82) is 10.8 Å². The van der Waals surface area contributed by atoms with Crippen LogP contribution < -0.4 is 16.0 Å². The second-order valence-corrected chi connectivity index (χ2v) is 7.53. The minimum absolute atomic E-state index is 0.0676. The topological polar surface area (TPSA) is 134 Å². The first-order valence-electron chi connectivity index (χ1n) is 10.1. The molecule has 0 radical (unpaired) electrons. The number of aliphatic hydroxyl groups excluding tert-OH is 1. The van der Waals surface area contributed by atoms with Gasteiger partial charge in [-0.15, -0.1) is 0 Å². The summed E-state index contributed by atoms with van der Waals surface area (Å²) < 4.78 is 0. The van der Waals surface area contributed by atoms with Crippen molar-refractivity contribution in [2.75, 3.05) is 11.9 Å². The Bertz CT molecular complexity index is 970. The van der Waals surface area contributed by atoms with Gasteiger partial charge in [-0.25, -0.2) is 4.98 Å². The third kappa shape index (κ3) is 6.48. The molecule has 8 nitrogen and oxygen atoms in total. The lowest BCUT2D eigenvalue weighted by atomic mass is 9.95. The highest BCUT2D eigenvalue weighted by molar-refractivity contribution is 6.12. The van der Waals surface area contributed by atoms with Gasteiger partial charge < -0.3 is 31.9 Å². The van der Waals surface area contributed by atoms with E-state index in [1.165, 1.54) is 6.21 Å². The highest BCUT2D eigenvalue weighted by atomic mass is 16.3. The van der Waals surface area contributed by atoms with E-state index in [4.69, 9.17) is 10.8 Å². The molecule has 0 saturated heterocycles. The lowest BCUT2D eigenvalue weighted by Gasteiger charge is -2.21. The molecule has 2 rings (SSSR count). The number of carbonyl (C=O) groups is 1. The molecule has 1 atom stereocenters. The average molecular weight is 423 g/mol. The summed E-state index contributed by atoms with van der Waals surface area (Å²) in [6.07, 6.45) is 6.88. The van der Waals surface area contributed by atoms with Gasteiger partial charge in [-0.1, -0.05) is 19.9 Å². The molecule has 0 spiro atoms. The van der Waals surface area contributed by atoms with Gasteiger partial charge in [0.2, 0.25) is 0 Å². The fraction of sp³-hybridized carbons (Fsp3) is 0.304. The molecule has 1 aromatic rings. The van der Waals surface area contributed by atoms with Gasteiger partial charge in [0.15, 0.2) is 0 Å². The highest BCUT2D eigenvalue weighted by Crippen LogP contribution is 2.26. The molecule has 0 saturated carbocycles. The number of rotatable bonds is 9. The lowest BCUT2D eigenvalue weighted by Crippen LogP contribution is -2.33. The number of amides is 1. The van der Waals surface area contributed by atoms with Crippen LogP contribution >= 0.6 is 0 Å². The van der Waals surface area contributed by atoms with Crippen molar-refractivity contribution >= 4 is 24.2 Å². The van der Waals surface area contributed by atoms with E-state index in [9.17, 15) is 9.90 Å². The van der Waals surface area contributed by atoms with E-state index in [2.05, 4.69) is 20.9 Å². The third-order valence-corrected chi connectivity index (χ3v) is 4.53. The van der Waals surface area contributed by atoms with E-state index < -0.39 is 12.0 Å². The summed E-state index contributed by atoms with van der Waals surface area (Å²) >= 11 is 0. The van der Waals surface area contributed by atoms with Gasteiger partial charge in [0, 0.05) is 36.4 Å². The number of hydrogen-bond donors (Lipinski definition) is 6. The molecular formula is C23H30N6O2. The third-order valence-electron chi connectivity index (χ3n) is 4.53. The molecule has 1 amide bonds. The maximum Gasteiger partial charge on any atom is 0.255 e. The van der Waals surface area contributed by atoms with Crippen molar-refractivity contribution in [2.45, 2.75) is 33.8 Å². The molecule has 2 heterocycles. The molecule has 0 fully saturated rings. The number of aromatic nitrogens is 1. The van der Waals surface area contributed by atoms with Gasteiger partial charge in [-0.3, -0.25) is 4.79 Å². The number of aliphatic hydroxyl groups is 1. The molecule has 1 aliphatic rings. The van der Waals surface area contributed by atoms with Crippen molar-refractivity contribution in [3.8, 4) is 0 Å². The van der Waals surface area contributed by atoms with Crippen LogP contribution in [0.5, 0.6) is 0 Å². The number of anilines is 1. The Balaban J connectivity index is 2.53. The summed E-state index contributed by atoms with van der Waals surface area (Å²) in [7, 11) is 0. The molecule has 1 aliphatic heterocycles. The van der Waals surface area contributed by atoms with E-state index in [0.717, 1.165) is 23.1 Å². The minimum atomic E-state index is -0.687. The van der Waals surface area contributed by atoms with Crippen LogP contribution in [0.2, 0.25) is 0 Å². The van der Waals surface area contributed by atoms with Crippen LogP contribution in [0.25, 0.3) is 0 Å². The van der Waals surface area contributed by atoms with Gasteiger partial charge in [-0.05, 0) is 49.6 Å². The number of hydrogen-bond acceptors (Lipinski definition) is 7. The highest BCUT2D eigenvalue weighted by Gasteiger charge is 2.18. The Labute approximate surface area is 182 Å². The SMILES string of the molecule is Cc1cccc(N/C(C2=C/C(=C(/C=N)C(=O)NCC(C)O)NC=C2)=C(\C=N)C(C)C)n1. The molecule has 0 aromatic carbocycles. The summed E-state index contributed by atoms with van der Waals surface area (Å²) in [6, 6.07) is 5.66. The van der Waals surface area contributed by atoms with Crippen molar-refractivity contribution in [1.82, 2.24) is 15.6 Å². The maximum absolute atomic E-state index is 12.5. The Kier molecular flexibility index (Phi) is 8.45. The van der Waals surface area contributed by atoms with Crippen molar-refractivity contribution in [2.24, 2.45) is 5.92 Å². The fourth-order valence-corrected chi connectivity index (χ4v) is 2.96. The lowest BCUT2D eigenvalue weighted by molar-refractivity contribution is -0.117. The first-order chi connectivity index (χ1) is 14.8. The number of allylic oxidation sites excluding steroid dienone is 3. The summed E-state index contributed by atoms with van der Waals surface area (Å²) in [5, 5.41) is 34.0. The molecule has 1 unspecified atom stereocenters. The van der Waals surface area contributed by atoms with Crippen LogP contribution in [0.3, 0.4) is 0 Å². The smallest absolute Gasteiger partial charge is 0.255 e. The van der Waals surface area contributed by atoms with E-state index in [1.54, 1.807) is 19.2 Å². The number of aryl methyl sites for hydroxylation is 1. The number of nitrogens with one attached hydrogen (secondary N) is 5. The zero-order valence-corrected chi connectivity index (χ0v) is 18.3.